The van der Waals surface area contributed by atoms with E-state index in [1.165, 1.54) is 6.07 Å². The Labute approximate surface area is 178 Å². The molecule has 162 valence electrons. The summed E-state index contributed by atoms with van der Waals surface area (Å²) in [5.74, 6) is -0.0915. The van der Waals surface area contributed by atoms with Gasteiger partial charge < -0.3 is 10.2 Å². The van der Waals surface area contributed by atoms with E-state index in [1.54, 1.807) is 29.2 Å². The topological polar surface area (TPSA) is 50.2 Å². The Morgan fingerprint density at radius 2 is 2.00 bits per heavy atom. The predicted octanol–water partition coefficient (Wildman–Crippen LogP) is 5.60. The minimum atomic E-state index is -4.48. The van der Waals surface area contributed by atoms with Crippen LogP contribution in [0.5, 0.6) is 0 Å². The summed E-state index contributed by atoms with van der Waals surface area (Å²) < 4.78 is 42.5. The fourth-order valence-corrected chi connectivity index (χ4v) is 4.56. The van der Waals surface area contributed by atoms with Crippen LogP contribution in [0.3, 0.4) is 0 Å². The molecular formula is C21H24ClF3N4O. The molecule has 4 rings (SSSR count). The summed E-state index contributed by atoms with van der Waals surface area (Å²) in [6.07, 6.45) is -1.00. The van der Waals surface area contributed by atoms with Gasteiger partial charge in [0.15, 0.2) is 11.7 Å². The number of halogens is 4. The number of piperidine rings is 1. The first kappa shape index (κ1) is 21.0. The van der Waals surface area contributed by atoms with Gasteiger partial charge in [-0.15, -0.1) is 0 Å². The van der Waals surface area contributed by atoms with Crippen LogP contribution in [0.1, 0.15) is 67.2 Å². The van der Waals surface area contributed by atoms with Crippen molar-refractivity contribution in [1.29, 1.82) is 0 Å². The molecule has 9 heteroatoms. The van der Waals surface area contributed by atoms with Crippen LogP contribution in [-0.4, -0.2) is 39.4 Å². The Hall–Kier alpha value is -2.22. The van der Waals surface area contributed by atoms with E-state index in [0.29, 0.717) is 17.1 Å². The molecule has 0 saturated carbocycles. The van der Waals surface area contributed by atoms with Crippen molar-refractivity contribution in [1.82, 2.24) is 14.7 Å². The summed E-state index contributed by atoms with van der Waals surface area (Å²) in [4.78, 5) is 14.8. The highest BCUT2D eigenvalue weighted by molar-refractivity contribution is 6.30. The monoisotopic (exact) mass is 440 g/mol. The highest BCUT2D eigenvalue weighted by Crippen LogP contribution is 2.43. The minimum Gasteiger partial charge on any atom is -0.363 e. The van der Waals surface area contributed by atoms with Gasteiger partial charge in [0.05, 0.1) is 6.04 Å². The molecule has 2 aliphatic heterocycles. The van der Waals surface area contributed by atoms with E-state index >= 15 is 0 Å². The lowest BCUT2D eigenvalue weighted by atomic mass is 9.97. The molecular weight excluding hydrogens is 417 g/mol. The summed E-state index contributed by atoms with van der Waals surface area (Å²) in [6.45, 7) is 2.63. The third-order valence-corrected chi connectivity index (χ3v) is 6.29. The SMILES string of the molecule is CC[C@@H]1CCCCN1C(=O)c1cc2n(n1)[C@@H](C(F)(F)F)C[C@H](c1ccc(Cl)cc1)N2. The molecule has 1 saturated heterocycles. The van der Waals surface area contributed by atoms with Crippen molar-refractivity contribution in [3.63, 3.8) is 0 Å². The number of hydrogen-bond acceptors (Lipinski definition) is 3. The average molecular weight is 441 g/mol. The second kappa shape index (κ2) is 8.13. The molecule has 3 atom stereocenters. The first-order valence-electron chi connectivity index (χ1n) is 10.3. The van der Waals surface area contributed by atoms with E-state index in [2.05, 4.69) is 10.4 Å². The molecule has 0 radical (unpaired) electrons. The standard InChI is InChI=1S/C21H24ClF3N4O/c1-2-15-5-3-4-10-28(15)20(30)17-12-19-26-16(13-6-8-14(22)9-7-13)11-18(21(23,24)25)29(19)27-17/h6-9,12,15-16,18,26H,2-5,10-11H2,1H3/t15-,16-,18-/m1/s1. The number of nitrogens with one attached hydrogen (secondary N) is 1. The van der Waals surface area contributed by atoms with Crippen LogP contribution in [0.2, 0.25) is 5.02 Å². The molecule has 1 aromatic carbocycles. The molecule has 1 aromatic heterocycles. The number of likely N-dealkylation sites (tertiary alicyclic amines) is 1. The molecule has 2 aliphatic rings. The first-order chi connectivity index (χ1) is 14.3. The van der Waals surface area contributed by atoms with Gasteiger partial charge in [-0.3, -0.25) is 4.79 Å². The lowest BCUT2D eigenvalue weighted by Gasteiger charge is -2.34. The number of benzene rings is 1. The molecule has 3 heterocycles. The average Bonchev–Trinajstić information content (AvgIpc) is 3.16. The minimum absolute atomic E-state index is 0.0591. The van der Waals surface area contributed by atoms with Crippen LogP contribution in [0, 0.1) is 0 Å². The summed E-state index contributed by atoms with van der Waals surface area (Å²) in [5, 5.41) is 7.75. The van der Waals surface area contributed by atoms with Gasteiger partial charge in [-0.1, -0.05) is 30.7 Å². The maximum atomic E-state index is 13.8. The van der Waals surface area contributed by atoms with Crippen LogP contribution in [0.15, 0.2) is 30.3 Å². The zero-order chi connectivity index (χ0) is 21.5. The molecule has 1 amide bonds. The van der Waals surface area contributed by atoms with Gasteiger partial charge in [-0.25, -0.2) is 4.68 Å². The molecule has 2 aromatic rings. The van der Waals surface area contributed by atoms with Crippen molar-refractivity contribution >= 4 is 23.3 Å². The van der Waals surface area contributed by atoms with Crippen LogP contribution in [0.4, 0.5) is 19.0 Å². The van der Waals surface area contributed by atoms with Gasteiger partial charge in [0, 0.05) is 30.1 Å². The van der Waals surface area contributed by atoms with Gasteiger partial charge in [0.2, 0.25) is 0 Å². The summed E-state index contributed by atoms with van der Waals surface area (Å²) in [6, 6.07) is 5.93. The van der Waals surface area contributed by atoms with Gasteiger partial charge >= 0.3 is 6.18 Å². The predicted molar refractivity (Wildman–Crippen MR) is 109 cm³/mol. The molecule has 30 heavy (non-hydrogen) atoms. The van der Waals surface area contributed by atoms with Crippen LogP contribution in [-0.2, 0) is 0 Å². The number of aromatic nitrogens is 2. The van der Waals surface area contributed by atoms with E-state index < -0.39 is 18.3 Å². The number of alkyl halides is 3. The Balaban J connectivity index is 1.66. The molecule has 0 aliphatic carbocycles. The highest BCUT2D eigenvalue weighted by atomic mass is 35.5. The zero-order valence-electron chi connectivity index (χ0n) is 16.6. The van der Waals surface area contributed by atoms with Gasteiger partial charge in [-0.05, 0) is 43.4 Å². The largest absolute Gasteiger partial charge is 0.410 e. The van der Waals surface area contributed by atoms with E-state index in [4.69, 9.17) is 11.6 Å². The second-order valence-electron chi connectivity index (χ2n) is 7.96. The van der Waals surface area contributed by atoms with Crippen molar-refractivity contribution in [2.45, 2.75) is 63.3 Å². The number of carbonyl (C=O) groups is 1. The number of anilines is 1. The van der Waals surface area contributed by atoms with Crippen LogP contribution < -0.4 is 5.32 Å². The van der Waals surface area contributed by atoms with E-state index in [1.807, 2.05) is 6.92 Å². The van der Waals surface area contributed by atoms with Crippen molar-refractivity contribution in [3.8, 4) is 0 Å². The molecule has 0 unspecified atom stereocenters. The van der Waals surface area contributed by atoms with E-state index in [0.717, 1.165) is 30.4 Å². The van der Waals surface area contributed by atoms with Crippen molar-refractivity contribution in [3.05, 3.63) is 46.6 Å². The number of nitrogens with zero attached hydrogens (tertiary/aromatic N) is 3. The lowest BCUT2D eigenvalue weighted by Crippen LogP contribution is -2.43. The zero-order valence-corrected chi connectivity index (χ0v) is 17.4. The third-order valence-electron chi connectivity index (χ3n) is 6.04. The Kier molecular flexibility index (Phi) is 5.70. The second-order valence-corrected chi connectivity index (χ2v) is 8.39. The van der Waals surface area contributed by atoms with Gasteiger partial charge in [0.1, 0.15) is 5.82 Å². The molecule has 0 bridgehead atoms. The highest BCUT2D eigenvalue weighted by Gasteiger charge is 2.47. The quantitative estimate of drug-likeness (QED) is 0.675. The number of rotatable bonds is 3. The summed E-state index contributed by atoms with van der Waals surface area (Å²) in [7, 11) is 0. The maximum absolute atomic E-state index is 13.8. The van der Waals surface area contributed by atoms with Crippen LogP contribution in [0.25, 0.3) is 0 Å². The van der Waals surface area contributed by atoms with E-state index in [9.17, 15) is 18.0 Å². The summed E-state index contributed by atoms with van der Waals surface area (Å²) in [5.41, 5.74) is 0.764. The molecule has 1 N–H and O–H groups in total. The number of hydrogen-bond donors (Lipinski definition) is 1. The fourth-order valence-electron chi connectivity index (χ4n) is 4.43. The number of carbonyl (C=O) groups excluding carboxylic acids is 1. The van der Waals surface area contributed by atoms with Crippen molar-refractivity contribution in [2.75, 3.05) is 11.9 Å². The molecule has 1 fully saturated rings. The van der Waals surface area contributed by atoms with Crippen molar-refractivity contribution in [2.24, 2.45) is 0 Å². The third kappa shape index (κ3) is 4.02. The van der Waals surface area contributed by atoms with Gasteiger partial charge in [0.25, 0.3) is 5.91 Å². The Morgan fingerprint density at radius 3 is 2.67 bits per heavy atom. The first-order valence-corrected chi connectivity index (χ1v) is 10.6. The molecule has 5 nitrogen and oxygen atoms in total. The Bertz CT molecular complexity index is 912. The van der Waals surface area contributed by atoms with Crippen molar-refractivity contribution < 1.29 is 18.0 Å². The summed E-state index contributed by atoms with van der Waals surface area (Å²) >= 11 is 5.91. The fraction of sp³-hybridized carbons (Fsp3) is 0.524. The maximum Gasteiger partial charge on any atom is 0.410 e. The van der Waals surface area contributed by atoms with Crippen LogP contribution >= 0.6 is 11.6 Å². The normalized spacial score (nSPS) is 24.3. The Morgan fingerprint density at radius 1 is 1.27 bits per heavy atom. The molecule has 0 spiro atoms. The number of amides is 1. The van der Waals surface area contributed by atoms with E-state index in [-0.39, 0.29) is 29.9 Å². The number of fused-ring (bicyclic) bond motifs is 1. The lowest BCUT2D eigenvalue weighted by molar-refractivity contribution is -0.173. The van der Waals surface area contributed by atoms with Gasteiger partial charge in [-0.2, -0.15) is 18.3 Å². The smallest absolute Gasteiger partial charge is 0.363 e.